The van der Waals surface area contributed by atoms with Crippen LogP contribution in [0.3, 0.4) is 0 Å². The third-order valence-corrected chi connectivity index (χ3v) is 5.00. The number of hydrogen-bond acceptors (Lipinski definition) is 5. The van der Waals surface area contributed by atoms with Crippen LogP contribution in [0.25, 0.3) is 0 Å². The fourth-order valence-electron chi connectivity index (χ4n) is 3.19. The number of nitrogens with one attached hydrogen (secondary N) is 1. The summed E-state index contributed by atoms with van der Waals surface area (Å²) in [5.41, 5.74) is 1.10. The Labute approximate surface area is 173 Å². The van der Waals surface area contributed by atoms with E-state index in [9.17, 15) is 9.59 Å². The number of hydrogen-bond donors (Lipinski definition) is 1. The predicted octanol–water partition coefficient (Wildman–Crippen LogP) is 4.55. The summed E-state index contributed by atoms with van der Waals surface area (Å²) in [5.74, 6) is -0.0374. The highest BCUT2D eigenvalue weighted by Crippen LogP contribution is 2.27. The van der Waals surface area contributed by atoms with Crippen molar-refractivity contribution >= 4 is 46.6 Å². The number of likely N-dealkylation sites (tertiary alicyclic amines) is 1. The molecule has 3 rings (SSSR count). The molecule has 1 aromatic heterocycles. The Morgan fingerprint density at radius 2 is 1.89 bits per heavy atom. The van der Waals surface area contributed by atoms with E-state index in [1.807, 2.05) is 0 Å². The van der Waals surface area contributed by atoms with Crippen molar-refractivity contribution in [3.8, 4) is 0 Å². The molecule has 1 aliphatic rings. The van der Waals surface area contributed by atoms with E-state index in [-0.39, 0.29) is 17.8 Å². The number of carbonyl (C=O) groups is 2. The Balaban J connectivity index is 1.72. The average Bonchev–Trinajstić information content (AvgIpc) is 2.67. The summed E-state index contributed by atoms with van der Waals surface area (Å²) >= 11 is 12.1. The first kappa shape index (κ1) is 20.4. The van der Waals surface area contributed by atoms with E-state index in [4.69, 9.17) is 27.9 Å². The van der Waals surface area contributed by atoms with Gasteiger partial charge in [0.15, 0.2) is 0 Å². The summed E-state index contributed by atoms with van der Waals surface area (Å²) < 4.78 is 5.08. The second kappa shape index (κ2) is 9.26. The predicted molar refractivity (Wildman–Crippen MR) is 109 cm³/mol. The first-order valence-electron chi connectivity index (χ1n) is 9.12. The van der Waals surface area contributed by atoms with Crippen molar-refractivity contribution in [2.45, 2.75) is 19.8 Å². The van der Waals surface area contributed by atoms with E-state index in [2.05, 4.69) is 10.3 Å². The number of rotatable bonds is 5. The Morgan fingerprint density at radius 1 is 1.21 bits per heavy atom. The number of anilines is 2. The largest absolute Gasteiger partial charge is 0.466 e. The third-order valence-electron chi connectivity index (χ3n) is 4.57. The molecule has 28 heavy (non-hydrogen) atoms. The molecule has 0 spiro atoms. The van der Waals surface area contributed by atoms with Crippen molar-refractivity contribution in [2.24, 2.45) is 5.92 Å². The normalized spacial score (nSPS) is 14.6. The number of halogens is 2. The molecule has 0 bridgehead atoms. The highest BCUT2D eigenvalue weighted by Gasteiger charge is 2.29. The number of amides is 1. The maximum absolute atomic E-state index is 13.0. The lowest BCUT2D eigenvalue weighted by molar-refractivity contribution is -0.149. The van der Waals surface area contributed by atoms with Crippen molar-refractivity contribution in [2.75, 3.05) is 25.0 Å². The second-order valence-corrected chi connectivity index (χ2v) is 7.37. The van der Waals surface area contributed by atoms with Gasteiger partial charge in [-0.05, 0) is 50.1 Å². The molecule has 148 valence electrons. The maximum atomic E-state index is 13.0. The lowest BCUT2D eigenvalue weighted by Crippen LogP contribution is -2.40. The fourth-order valence-corrected chi connectivity index (χ4v) is 3.71. The highest BCUT2D eigenvalue weighted by atomic mass is 35.5. The number of pyridine rings is 1. The molecule has 1 fully saturated rings. The molecular weight excluding hydrogens is 401 g/mol. The Hall–Kier alpha value is -2.31. The van der Waals surface area contributed by atoms with Gasteiger partial charge in [0.2, 0.25) is 0 Å². The molecule has 8 heteroatoms. The van der Waals surface area contributed by atoms with Crippen molar-refractivity contribution in [3.05, 3.63) is 52.1 Å². The number of carbonyl (C=O) groups excluding carboxylic acids is 2. The van der Waals surface area contributed by atoms with Crippen LogP contribution >= 0.6 is 23.2 Å². The van der Waals surface area contributed by atoms with Gasteiger partial charge in [0, 0.05) is 35.0 Å². The summed E-state index contributed by atoms with van der Waals surface area (Å²) in [6, 6.07) is 8.49. The van der Waals surface area contributed by atoms with Crippen LogP contribution in [0.2, 0.25) is 10.0 Å². The molecular formula is C20H21Cl2N3O3. The number of ether oxygens (including phenoxy) is 1. The first-order chi connectivity index (χ1) is 13.5. The minimum absolute atomic E-state index is 0.133. The monoisotopic (exact) mass is 421 g/mol. The molecule has 1 aromatic carbocycles. The van der Waals surface area contributed by atoms with Gasteiger partial charge in [-0.25, -0.2) is 4.98 Å². The smallest absolute Gasteiger partial charge is 0.309 e. The van der Waals surface area contributed by atoms with Gasteiger partial charge in [-0.2, -0.15) is 0 Å². The van der Waals surface area contributed by atoms with E-state index in [0.29, 0.717) is 59.7 Å². The van der Waals surface area contributed by atoms with Gasteiger partial charge in [0.25, 0.3) is 5.91 Å². The number of piperidine rings is 1. The molecule has 1 saturated heterocycles. The van der Waals surface area contributed by atoms with E-state index >= 15 is 0 Å². The number of benzene rings is 1. The molecule has 6 nitrogen and oxygen atoms in total. The number of nitrogens with zero attached hydrogens (tertiary/aromatic N) is 2. The lowest BCUT2D eigenvalue weighted by Gasteiger charge is -2.31. The topological polar surface area (TPSA) is 71.5 Å². The number of aromatic nitrogens is 1. The standard InChI is InChI=1S/C20H21Cl2N3O3/c1-2-28-20(27)13-5-8-25(9-6-13)19(26)17-4-3-7-23-18(17)24-16-11-14(21)10-15(22)12-16/h3-4,7,10-13H,2,5-6,8-9H2,1H3,(H,23,24). The van der Waals surface area contributed by atoms with Gasteiger partial charge in [-0.3, -0.25) is 9.59 Å². The molecule has 0 unspecified atom stereocenters. The Kier molecular flexibility index (Phi) is 6.75. The molecule has 2 aromatic rings. The molecule has 0 atom stereocenters. The van der Waals surface area contributed by atoms with Gasteiger partial charge >= 0.3 is 5.97 Å². The highest BCUT2D eigenvalue weighted by molar-refractivity contribution is 6.35. The van der Waals surface area contributed by atoms with Crippen LogP contribution in [0.15, 0.2) is 36.5 Å². The van der Waals surface area contributed by atoms with Gasteiger partial charge in [-0.15, -0.1) is 0 Å². The van der Waals surface area contributed by atoms with Gasteiger partial charge in [0.1, 0.15) is 5.82 Å². The molecule has 1 amide bonds. The van der Waals surface area contributed by atoms with E-state index in [0.717, 1.165) is 0 Å². The van der Waals surface area contributed by atoms with Crippen LogP contribution in [0.1, 0.15) is 30.1 Å². The fraction of sp³-hybridized carbons (Fsp3) is 0.350. The summed E-state index contributed by atoms with van der Waals surface area (Å²) in [6.07, 6.45) is 2.80. The minimum atomic E-state index is -0.184. The van der Waals surface area contributed by atoms with E-state index < -0.39 is 0 Å². The van der Waals surface area contributed by atoms with Crippen LogP contribution in [0, 0.1) is 5.92 Å². The van der Waals surface area contributed by atoms with E-state index in [1.165, 1.54) is 0 Å². The summed E-state index contributed by atoms with van der Waals surface area (Å²) in [5, 5.41) is 4.09. The van der Waals surface area contributed by atoms with Crippen LogP contribution in [0.5, 0.6) is 0 Å². The molecule has 1 N–H and O–H groups in total. The molecule has 1 aliphatic heterocycles. The van der Waals surface area contributed by atoms with E-state index in [1.54, 1.807) is 48.4 Å². The lowest BCUT2D eigenvalue weighted by atomic mass is 9.96. The Morgan fingerprint density at radius 3 is 2.54 bits per heavy atom. The molecule has 0 aliphatic carbocycles. The van der Waals surface area contributed by atoms with Crippen molar-refractivity contribution in [3.63, 3.8) is 0 Å². The van der Waals surface area contributed by atoms with Crippen molar-refractivity contribution in [1.29, 1.82) is 0 Å². The van der Waals surface area contributed by atoms with Crippen LogP contribution < -0.4 is 5.32 Å². The zero-order valence-corrected chi connectivity index (χ0v) is 17.0. The van der Waals surface area contributed by atoms with Crippen LogP contribution in [-0.4, -0.2) is 41.5 Å². The van der Waals surface area contributed by atoms with Gasteiger partial charge in [0.05, 0.1) is 18.1 Å². The summed E-state index contributed by atoms with van der Waals surface area (Å²) in [6.45, 7) is 3.16. The SMILES string of the molecule is CCOC(=O)C1CCN(C(=O)c2cccnc2Nc2cc(Cl)cc(Cl)c2)CC1. The second-order valence-electron chi connectivity index (χ2n) is 6.50. The maximum Gasteiger partial charge on any atom is 0.309 e. The minimum Gasteiger partial charge on any atom is -0.466 e. The first-order valence-corrected chi connectivity index (χ1v) is 9.87. The summed E-state index contributed by atoms with van der Waals surface area (Å²) in [7, 11) is 0. The number of esters is 1. The molecule has 0 saturated carbocycles. The third kappa shape index (κ3) is 4.94. The van der Waals surface area contributed by atoms with Crippen molar-refractivity contribution < 1.29 is 14.3 Å². The summed E-state index contributed by atoms with van der Waals surface area (Å²) in [4.78, 5) is 31.0. The quantitative estimate of drug-likeness (QED) is 0.716. The van der Waals surface area contributed by atoms with Crippen LogP contribution in [0.4, 0.5) is 11.5 Å². The molecule has 2 heterocycles. The molecule has 0 radical (unpaired) electrons. The van der Waals surface area contributed by atoms with Crippen LogP contribution in [-0.2, 0) is 9.53 Å². The van der Waals surface area contributed by atoms with Crippen molar-refractivity contribution in [1.82, 2.24) is 9.88 Å². The zero-order chi connectivity index (χ0) is 20.1. The Bertz CT molecular complexity index is 847. The van der Waals surface area contributed by atoms with Gasteiger partial charge in [-0.1, -0.05) is 23.2 Å². The van der Waals surface area contributed by atoms with Gasteiger partial charge < -0.3 is 15.0 Å². The zero-order valence-electron chi connectivity index (χ0n) is 15.5. The average molecular weight is 422 g/mol.